The van der Waals surface area contributed by atoms with Crippen LogP contribution < -0.4 is 0 Å². The molecule has 0 aromatic heterocycles. The highest BCUT2D eigenvalue weighted by molar-refractivity contribution is 5.15. The Labute approximate surface area is 99.3 Å². The van der Waals surface area contributed by atoms with E-state index >= 15 is 0 Å². The highest BCUT2D eigenvalue weighted by Gasteiger charge is 2.36. The Morgan fingerprint density at radius 3 is 2.25 bits per heavy atom. The van der Waals surface area contributed by atoms with Crippen LogP contribution in [0.1, 0.15) is 40.5 Å². The van der Waals surface area contributed by atoms with E-state index in [0.717, 1.165) is 26.1 Å². The summed E-state index contributed by atoms with van der Waals surface area (Å²) in [4.78, 5) is 0. The average molecular weight is 224 g/mol. The first-order valence-corrected chi connectivity index (χ1v) is 5.96. The van der Waals surface area contributed by atoms with Crippen molar-refractivity contribution in [3.05, 3.63) is 24.3 Å². The molecule has 0 aliphatic carbocycles. The van der Waals surface area contributed by atoms with Crippen molar-refractivity contribution in [2.24, 2.45) is 5.41 Å². The van der Waals surface area contributed by atoms with Crippen molar-refractivity contribution in [1.82, 2.24) is 0 Å². The minimum atomic E-state index is -0.424. The van der Waals surface area contributed by atoms with Crippen molar-refractivity contribution in [2.45, 2.75) is 46.3 Å². The maximum absolute atomic E-state index is 5.84. The van der Waals surface area contributed by atoms with Crippen molar-refractivity contribution in [2.75, 3.05) is 13.2 Å². The van der Waals surface area contributed by atoms with Gasteiger partial charge in [-0.3, -0.25) is 0 Å². The number of hydrogen-bond donors (Lipinski definition) is 0. The predicted molar refractivity (Wildman–Crippen MR) is 67.3 cm³/mol. The molecule has 16 heavy (non-hydrogen) atoms. The summed E-state index contributed by atoms with van der Waals surface area (Å²) in [5.41, 5.74) is 1.39. The van der Waals surface area contributed by atoms with Gasteiger partial charge in [0, 0.05) is 11.8 Å². The normalized spacial score (nSPS) is 24.1. The number of rotatable bonds is 4. The maximum atomic E-state index is 5.84. The van der Waals surface area contributed by atoms with Gasteiger partial charge in [-0.2, -0.15) is 0 Å². The van der Waals surface area contributed by atoms with Crippen LogP contribution in [0.4, 0.5) is 0 Å². The molecule has 0 N–H and O–H groups in total. The molecule has 2 heteroatoms. The van der Waals surface area contributed by atoms with E-state index in [9.17, 15) is 0 Å². The first kappa shape index (κ1) is 13.5. The van der Waals surface area contributed by atoms with E-state index in [1.807, 2.05) is 19.9 Å². The molecule has 0 aromatic carbocycles. The van der Waals surface area contributed by atoms with Crippen LogP contribution in [-0.2, 0) is 9.47 Å². The molecule has 0 radical (unpaired) electrons. The molecule has 0 unspecified atom stereocenters. The molecule has 1 aliphatic rings. The van der Waals surface area contributed by atoms with Crippen LogP contribution in [-0.4, -0.2) is 19.0 Å². The van der Waals surface area contributed by atoms with E-state index in [-0.39, 0.29) is 5.41 Å². The Balaban J connectivity index is 2.45. The van der Waals surface area contributed by atoms with E-state index < -0.39 is 5.79 Å². The lowest BCUT2D eigenvalue weighted by molar-refractivity contribution is -0.291. The third-order valence-corrected chi connectivity index (χ3v) is 3.04. The summed E-state index contributed by atoms with van der Waals surface area (Å²) in [6.45, 7) is 13.7. The van der Waals surface area contributed by atoms with Gasteiger partial charge in [0.05, 0.1) is 13.2 Å². The van der Waals surface area contributed by atoms with Gasteiger partial charge in [-0.05, 0) is 20.3 Å². The summed E-state index contributed by atoms with van der Waals surface area (Å²) in [7, 11) is 0. The lowest BCUT2D eigenvalue weighted by atomic mass is 9.94. The molecule has 0 aromatic rings. The van der Waals surface area contributed by atoms with Gasteiger partial charge in [-0.25, -0.2) is 0 Å². The van der Waals surface area contributed by atoms with E-state index in [1.54, 1.807) is 0 Å². The predicted octanol–water partition coefficient (Wildman–Crippen LogP) is 3.69. The Bertz CT molecular complexity index is 266. The van der Waals surface area contributed by atoms with Crippen molar-refractivity contribution < 1.29 is 9.47 Å². The molecule has 92 valence electrons. The number of allylic oxidation sites excluding steroid dienone is 3. The second-order valence-corrected chi connectivity index (χ2v) is 5.44. The zero-order chi connectivity index (χ0) is 12.2. The van der Waals surface area contributed by atoms with Gasteiger partial charge in [0.15, 0.2) is 5.79 Å². The molecule has 1 saturated heterocycles. The fraction of sp³-hybridized carbons (Fsp3) is 0.714. The zero-order valence-electron chi connectivity index (χ0n) is 11.0. The molecule has 1 aliphatic heterocycles. The molecule has 0 amide bonds. The highest BCUT2D eigenvalue weighted by Crippen LogP contribution is 2.32. The van der Waals surface area contributed by atoms with Gasteiger partial charge < -0.3 is 9.47 Å². The van der Waals surface area contributed by atoms with Crippen LogP contribution in [0.5, 0.6) is 0 Å². The lowest BCUT2D eigenvalue weighted by Crippen LogP contribution is -2.45. The second kappa shape index (κ2) is 5.15. The molecule has 1 rings (SSSR count). The van der Waals surface area contributed by atoms with Crippen LogP contribution in [0.25, 0.3) is 0 Å². The van der Waals surface area contributed by atoms with Crippen LogP contribution in [0.15, 0.2) is 24.3 Å². The minimum Gasteiger partial charge on any atom is -0.350 e. The van der Waals surface area contributed by atoms with E-state index in [0.29, 0.717) is 0 Å². The molecule has 0 spiro atoms. The van der Waals surface area contributed by atoms with Crippen molar-refractivity contribution in [3.8, 4) is 0 Å². The van der Waals surface area contributed by atoms with Crippen LogP contribution in [0.3, 0.4) is 0 Å². The Kier molecular flexibility index (Phi) is 4.34. The quantitative estimate of drug-likeness (QED) is 0.678. The Hall–Kier alpha value is -0.600. The minimum absolute atomic E-state index is 0.140. The van der Waals surface area contributed by atoms with E-state index in [4.69, 9.17) is 9.47 Å². The molecule has 0 bridgehead atoms. The molecule has 0 saturated carbocycles. The summed E-state index contributed by atoms with van der Waals surface area (Å²) in [5.74, 6) is -0.424. The van der Waals surface area contributed by atoms with Gasteiger partial charge in [-0.15, -0.1) is 0 Å². The molecular formula is C14H24O2. The number of ether oxygens (including phenoxy) is 2. The van der Waals surface area contributed by atoms with Crippen LogP contribution >= 0.6 is 0 Å². The summed E-state index contributed by atoms with van der Waals surface area (Å²) in [6.07, 6.45) is 5.82. The highest BCUT2D eigenvalue weighted by atomic mass is 16.7. The van der Waals surface area contributed by atoms with Gasteiger partial charge in [0.1, 0.15) is 0 Å². The fourth-order valence-corrected chi connectivity index (χ4v) is 1.66. The maximum Gasteiger partial charge on any atom is 0.165 e. The topological polar surface area (TPSA) is 18.5 Å². The van der Waals surface area contributed by atoms with Crippen LogP contribution in [0, 0.1) is 5.41 Å². The molecule has 1 fully saturated rings. The fourth-order valence-electron chi connectivity index (χ4n) is 1.66. The Morgan fingerprint density at radius 1 is 1.25 bits per heavy atom. The summed E-state index contributed by atoms with van der Waals surface area (Å²) in [6, 6.07) is 0. The second-order valence-electron chi connectivity index (χ2n) is 5.44. The lowest BCUT2D eigenvalue weighted by Gasteiger charge is -2.41. The molecular weight excluding hydrogens is 200 g/mol. The van der Waals surface area contributed by atoms with Crippen molar-refractivity contribution in [1.29, 1.82) is 0 Å². The molecule has 0 atom stereocenters. The first-order chi connectivity index (χ1) is 7.41. The summed E-state index contributed by atoms with van der Waals surface area (Å²) in [5, 5.41) is 0. The van der Waals surface area contributed by atoms with Crippen LogP contribution in [0.2, 0.25) is 0 Å². The first-order valence-electron chi connectivity index (χ1n) is 5.96. The summed E-state index contributed by atoms with van der Waals surface area (Å²) < 4.78 is 11.7. The number of hydrogen-bond acceptors (Lipinski definition) is 2. The zero-order valence-corrected chi connectivity index (χ0v) is 11.0. The van der Waals surface area contributed by atoms with Crippen molar-refractivity contribution >= 4 is 0 Å². The molecule has 1 heterocycles. The average Bonchev–Trinajstić information content (AvgIpc) is 2.25. The molecule has 2 nitrogen and oxygen atoms in total. The van der Waals surface area contributed by atoms with E-state index in [2.05, 4.69) is 26.5 Å². The summed E-state index contributed by atoms with van der Waals surface area (Å²) >= 11 is 0. The standard InChI is InChI=1S/C14H24O2/c1-6-12(7-2)8-9-14(5)15-10-13(3,4)11-16-14/h6-7H,1,8-11H2,2-5H3. The SMILES string of the molecule is C=CC(=CC)CCC1(C)OCC(C)(C)CO1. The third-order valence-electron chi connectivity index (χ3n) is 3.04. The smallest absolute Gasteiger partial charge is 0.165 e. The van der Waals surface area contributed by atoms with Gasteiger partial charge in [0.25, 0.3) is 0 Å². The van der Waals surface area contributed by atoms with Gasteiger partial charge in [0.2, 0.25) is 0 Å². The monoisotopic (exact) mass is 224 g/mol. The van der Waals surface area contributed by atoms with Gasteiger partial charge in [-0.1, -0.05) is 38.2 Å². The Morgan fingerprint density at radius 2 is 1.81 bits per heavy atom. The van der Waals surface area contributed by atoms with E-state index in [1.165, 1.54) is 5.57 Å². The van der Waals surface area contributed by atoms with Crippen molar-refractivity contribution in [3.63, 3.8) is 0 Å². The third kappa shape index (κ3) is 3.76. The van der Waals surface area contributed by atoms with Gasteiger partial charge >= 0.3 is 0 Å². The largest absolute Gasteiger partial charge is 0.350 e.